The minimum Gasteiger partial charge on any atom is -0.457 e. The normalized spacial score (nSPS) is 11.9. The molecule has 0 N–H and O–H groups in total. The Morgan fingerprint density at radius 1 is 1.06 bits per heavy atom. The summed E-state index contributed by atoms with van der Waals surface area (Å²) in [6.07, 6.45) is 3.30. The number of carbonyl (C=O) groups excluding carboxylic acids is 1. The number of aryl methyl sites for hydroxylation is 3. The lowest BCUT2D eigenvalue weighted by Gasteiger charge is -2.18. The van der Waals surface area contributed by atoms with Crippen molar-refractivity contribution in [2.45, 2.75) is 47.1 Å². The molecule has 1 rings (SSSR count). The minimum atomic E-state index is -0.445. The van der Waals surface area contributed by atoms with Crippen molar-refractivity contribution in [1.82, 2.24) is 0 Å². The Labute approximate surface area is 110 Å². The predicted molar refractivity (Wildman–Crippen MR) is 75.5 cm³/mol. The van der Waals surface area contributed by atoms with Crippen LogP contribution in [0, 0.1) is 20.8 Å². The molecule has 0 fully saturated rings. The smallest absolute Gasteiger partial charge is 0.331 e. The summed E-state index contributed by atoms with van der Waals surface area (Å²) < 4.78 is 5.23. The zero-order valence-corrected chi connectivity index (χ0v) is 12.1. The maximum absolute atomic E-state index is 11.6. The lowest BCUT2D eigenvalue weighted by Crippen LogP contribution is -2.22. The second-order valence-corrected chi connectivity index (χ2v) is 5.66. The predicted octanol–water partition coefficient (Wildman–Crippen LogP) is 3.97. The highest BCUT2D eigenvalue weighted by Gasteiger charge is 2.13. The zero-order valence-electron chi connectivity index (χ0n) is 12.1. The molecule has 0 atom stereocenters. The van der Waals surface area contributed by atoms with E-state index in [-0.39, 0.29) is 5.97 Å². The van der Waals surface area contributed by atoms with Crippen molar-refractivity contribution in [2.24, 2.45) is 0 Å². The number of hydrogen-bond acceptors (Lipinski definition) is 2. The SMILES string of the molecule is Cc1cc(C)c(/C=C/C(=O)OC(C)(C)C)cc1C. The van der Waals surface area contributed by atoms with Crippen molar-refractivity contribution >= 4 is 12.0 Å². The van der Waals surface area contributed by atoms with Crippen LogP contribution in [-0.4, -0.2) is 11.6 Å². The molecule has 0 spiro atoms. The minimum absolute atomic E-state index is 0.305. The van der Waals surface area contributed by atoms with E-state index in [4.69, 9.17) is 4.74 Å². The molecule has 0 saturated heterocycles. The standard InChI is InChI=1S/C16H22O2/c1-11-9-13(3)14(10-12(11)2)7-8-15(17)18-16(4,5)6/h7-10H,1-6H3/b8-7+. The van der Waals surface area contributed by atoms with Crippen LogP contribution in [0.25, 0.3) is 6.08 Å². The average Bonchev–Trinajstić information content (AvgIpc) is 2.19. The zero-order chi connectivity index (χ0) is 13.9. The fraction of sp³-hybridized carbons (Fsp3) is 0.438. The van der Waals surface area contributed by atoms with Crippen LogP contribution >= 0.6 is 0 Å². The third-order valence-electron chi connectivity index (χ3n) is 2.69. The molecule has 1 aromatic carbocycles. The fourth-order valence-electron chi connectivity index (χ4n) is 1.66. The molecular formula is C16H22O2. The van der Waals surface area contributed by atoms with Gasteiger partial charge in [0, 0.05) is 6.08 Å². The van der Waals surface area contributed by atoms with Crippen LogP contribution < -0.4 is 0 Å². The Morgan fingerprint density at radius 3 is 2.17 bits per heavy atom. The van der Waals surface area contributed by atoms with Gasteiger partial charge in [-0.25, -0.2) is 4.79 Å². The van der Waals surface area contributed by atoms with Crippen LogP contribution in [-0.2, 0) is 9.53 Å². The summed E-state index contributed by atoms with van der Waals surface area (Å²) >= 11 is 0. The molecule has 0 unspecified atom stereocenters. The van der Waals surface area contributed by atoms with Crippen LogP contribution in [0.5, 0.6) is 0 Å². The van der Waals surface area contributed by atoms with Gasteiger partial charge in [-0.15, -0.1) is 0 Å². The molecule has 0 heterocycles. The largest absolute Gasteiger partial charge is 0.457 e. The summed E-state index contributed by atoms with van der Waals surface area (Å²) in [6.45, 7) is 11.8. The van der Waals surface area contributed by atoms with E-state index in [0.717, 1.165) is 11.1 Å². The highest BCUT2D eigenvalue weighted by atomic mass is 16.6. The Bertz CT molecular complexity index is 477. The molecule has 0 amide bonds. The Balaban J connectivity index is 2.85. The van der Waals surface area contributed by atoms with Gasteiger partial charge in [-0.3, -0.25) is 0 Å². The molecule has 0 aliphatic carbocycles. The molecule has 1 aromatic rings. The van der Waals surface area contributed by atoms with Crippen LogP contribution in [0.1, 0.15) is 43.0 Å². The molecular weight excluding hydrogens is 224 g/mol. The molecule has 0 radical (unpaired) electrons. The van der Waals surface area contributed by atoms with E-state index in [9.17, 15) is 4.79 Å². The second kappa shape index (κ2) is 5.38. The first kappa shape index (κ1) is 14.5. The van der Waals surface area contributed by atoms with Gasteiger partial charge in [0.25, 0.3) is 0 Å². The molecule has 98 valence electrons. The highest BCUT2D eigenvalue weighted by molar-refractivity contribution is 5.87. The van der Waals surface area contributed by atoms with E-state index in [2.05, 4.69) is 26.0 Å². The molecule has 2 nitrogen and oxygen atoms in total. The van der Waals surface area contributed by atoms with Crippen LogP contribution in [0.2, 0.25) is 0 Å². The monoisotopic (exact) mass is 246 g/mol. The van der Waals surface area contributed by atoms with E-state index in [1.807, 2.05) is 33.8 Å². The summed E-state index contributed by atoms with van der Waals surface area (Å²) in [4.78, 5) is 11.6. The van der Waals surface area contributed by atoms with Crippen molar-refractivity contribution < 1.29 is 9.53 Å². The molecule has 0 bridgehead atoms. The van der Waals surface area contributed by atoms with Crippen LogP contribution in [0.3, 0.4) is 0 Å². The van der Waals surface area contributed by atoms with Crippen molar-refractivity contribution in [3.05, 3.63) is 40.5 Å². The lowest BCUT2D eigenvalue weighted by molar-refractivity contribution is -0.148. The van der Waals surface area contributed by atoms with Gasteiger partial charge in [0.15, 0.2) is 0 Å². The summed E-state index contributed by atoms with van der Waals surface area (Å²) in [5, 5.41) is 0. The number of hydrogen-bond donors (Lipinski definition) is 0. The molecule has 0 aliphatic rings. The summed E-state index contributed by atoms with van der Waals surface area (Å²) in [5.41, 5.74) is 4.27. The first-order valence-electron chi connectivity index (χ1n) is 6.18. The number of rotatable bonds is 2. The van der Waals surface area contributed by atoms with Gasteiger partial charge < -0.3 is 4.74 Å². The number of ether oxygens (including phenoxy) is 1. The summed E-state index contributed by atoms with van der Waals surface area (Å²) in [5.74, 6) is -0.305. The molecule has 0 saturated carbocycles. The van der Waals surface area contributed by atoms with Gasteiger partial charge in [-0.2, -0.15) is 0 Å². The Hall–Kier alpha value is -1.57. The van der Waals surface area contributed by atoms with Crippen molar-refractivity contribution in [2.75, 3.05) is 0 Å². The number of benzene rings is 1. The number of esters is 1. The van der Waals surface area contributed by atoms with Gasteiger partial charge in [0.2, 0.25) is 0 Å². The quantitative estimate of drug-likeness (QED) is 0.583. The van der Waals surface area contributed by atoms with Gasteiger partial charge >= 0.3 is 5.97 Å². The average molecular weight is 246 g/mol. The van der Waals surface area contributed by atoms with E-state index < -0.39 is 5.60 Å². The summed E-state index contributed by atoms with van der Waals surface area (Å²) in [7, 11) is 0. The second-order valence-electron chi connectivity index (χ2n) is 5.66. The third kappa shape index (κ3) is 4.36. The molecule has 2 heteroatoms. The topological polar surface area (TPSA) is 26.3 Å². The highest BCUT2D eigenvalue weighted by Crippen LogP contribution is 2.17. The maximum atomic E-state index is 11.6. The molecule has 0 aliphatic heterocycles. The van der Waals surface area contributed by atoms with Crippen molar-refractivity contribution in [3.8, 4) is 0 Å². The Kier molecular flexibility index (Phi) is 4.33. The van der Waals surface area contributed by atoms with E-state index in [1.54, 1.807) is 0 Å². The van der Waals surface area contributed by atoms with Crippen molar-refractivity contribution in [1.29, 1.82) is 0 Å². The first-order valence-corrected chi connectivity index (χ1v) is 6.18. The fourth-order valence-corrected chi connectivity index (χ4v) is 1.66. The van der Waals surface area contributed by atoms with E-state index in [0.29, 0.717) is 0 Å². The van der Waals surface area contributed by atoms with Gasteiger partial charge in [0.1, 0.15) is 5.60 Å². The maximum Gasteiger partial charge on any atom is 0.331 e. The van der Waals surface area contributed by atoms with E-state index in [1.165, 1.54) is 17.2 Å². The molecule has 0 aromatic heterocycles. The van der Waals surface area contributed by atoms with Gasteiger partial charge in [-0.05, 0) is 69.9 Å². The molecule has 18 heavy (non-hydrogen) atoms. The van der Waals surface area contributed by atoms with Crippen LogP contribution in [0.4, 0.5) is 0 Å². The van der Waals surface area contributed by atoms with Crippen molar-refractivity contribution in [3.63, 3.8) is 0 Å². The van der Waals surface area contributed by atoms with Gasteiger partial charge in [0.05, 0.1) is 0 Å². The van der Waals surface area contributed by atoms with Crippen LogP contribution in [0.15, 0.2) is 18.2 Å². The van der Waals surface area contributed by atoms with E-state index >= 15 is 0 Å². The third-order valence-corrected chi connectivity index (χ3v) is 2.69. The summed E-state index contributed by atoms with van der Waals surface area (Å²) in [6, 6.07) is 4.22. The Morgan fingerprint density at radius 2 is 1.61 bits per heavy atom. The van der Waals surface area contributed by atoms with Gasteiger partial charge in [-0.1, -0.05) is 12.1 Å². The lowest BCUT2D eigenvalue weighted by atomic mass is 10.0. The first-order chi connectivity index (χ1) is 8.19. The number of carbonyl (C=O) groups is 1.